The van der Waals surface area contributed by atoms with E-state index in [2.05, 4.69) is 5.32 Å². The maximum absolute atomic E-state index is 13.7. The fraction of sp³-hybridized carbons (Fsp3) is 0.333. The lowest BCUT2D eigenvalue weighted by Gasteiger charge is -2.53. The van der Waals surface area contributed by atoms with E-state index in [0.29, 0.717) is 28.0 Å². The second kappa shape index (κ2) is 5.67. The Balaban J connectivity index is 1.61. The molecule has 5 aliphatic rings. The normalized spacial score (nSPS) is 34.0. The van der Waals surface area contributed by atoms with Gasteiger partial charge in [0.25, 0.3) is 5.56 Å². The number of amides is 2. The molecular weight excluding hydrogens is 422 g/mol. The minimum atomic E-state index is -1.54. The number of hydrogen-bond acceptors (Lipinski definition) is 6. The molecule has 166 valence electrons. The molecule has 0 spiro atoms. The third-order valence-electron chi connectivity index (χ3n) is 7.82. The third-order valence-corrected chi connectivity index (χ3v) is 7.82. The summed E-state index contributed by atoms with van der Waals surface area (Å²) in [5.41, 5.74) is -1.41. The van der Waals surface area contributed by atoms with Gasteiger partial charge in [0, 0.05) is 12.0 Å². The van der Waals surface area contributed by atoms with E-state index in [1.165, 1.54) is 4.57 Å². The first kappa shape index (κ1) is 19.0. The molecule has 2 bridgehead atoms. The Morgan fingerprint density at radius 3 is 2.64 bits per heavy atom. The number of carbonyl (C=O) groups excluding carboxylic acids is 2. The van der Waals surface area contributed by atoms with Gasteiger partial charge in [-0.3, -0.25) is 23.9 Å². The van der Waals surface area contributed by atoms with Gasteiger partial charge in [-0.2, -0.15) is 0 Å². The second-order valence-corrected chi connectivity index (χ2v) is 9.52. The van der Waals surface area contributed by atoms with Crippen molar-refractivity contribution in [2.45, 2.75) is 49.8 Å². The van der Waals surface area contributed by atoms with Crippen molar-refractivity contribution >= 4 is 28.4 Å². The molecule has 9 heteroatoms. The van der Waals surface area contributed by atoms with Crippen LogP contribution in [0, 0.1) is 0 Å². The van der Waals surface area contributed by atoms with Crippen LogP contribution < -0.4 is 15.8 Å². The number of nitrogens with zero attached hydrogens (tertiary/aromatic N) is 4. The van der Waals surface area contributed by atoms with E-state index in [4.69, 9.17) is 4.98 Å². The Kier molecular flexibility index (Phi) is 3.26. The van der Waals surface area contributed by atoms with Crippen LogP contribution in [0.15, 0.2) is 53.3 Å². The quantitative estimate of drug-likeness (QED) is 0.535. The van der Waals surface area contributed by atoms with E-state index in [-0.39, 0.29) is 23.8 Å². The second-order valence-electron chi connectivity index (χ2n) is 9.52. The molecule has 0 saturated carbocycles. The van der Waals surface area contributed by atoms with Gasteiger partial charge in [0.1, 0.15) is 17.8 Å². The van der Waals surface area contributed by atoms with E-state index < -0.39 is 29.5 Å². The first-order valence-electron chi connectivity index (χ1n) is 11.0. The number of nitrogens with one attached hydrogen (secondary N) is 1. The molecule has 9 nitrogen and oxygen atoms in total. The van der Waals surface area contributed by atoms with E-state index in [9.17, 15) is 19.5 Å². The Morgan fingerprint density at radius 2 is 1.82 bits per heavy atom. The number of aliphatic hydroxyl groups is 1. The zero-order valence-electron chi connectivity index (χ0n) is 18.0. The Labute approximate surface area is 188 Å². The Morgan fingerprint density at radius 1 is 1.09 bits per heavy atom. The maximum Gasteiger partial charge on any atom is 0.262 e. The molecular formula is C24H21N5O4. The van der Waals surface area contributed by atoms with Gasteiger partial charge in [0.15, 0.2) is 11.5 Å². The Hall–Kier alpha value is -3.56. The summed E-state index contributed by atoms with van der Waals surface area (Å²) in [6, 6.07) is 12.6. The molecule has 2 saturated heterocycles. The largest absolute Gasteiger partial charge is 0.381 e. The van der Waals surface area contributed by atoms with Crippen molar-refractivity contribution in [3.05, 3.63) is 70.3 Å². The molecule has 1 aromatic heterocycles. The van der Waals surface area contributed by atoms with Gasteiger partial charge in [-0.1, -0.05) is 30.3 Å². The molecule has 0 radical (unpaired) electrons. The molecule has 5 atom stereocenters. The molecule has 33 heavy (non-hydrogen) atoms. The molecule has 0 unspecified atom stereocenters. The summed E-state index contributed by atoms with van der Waals surface area (Å²) in [6.45, 7) is 3.52. The highest BCUT2D eigenvalue weighted by Gasteiger charge is 2.69. The number of carbonyl (C=O) groups is 2. The molecule has 3 aromatic rings. The van der Waals surface area contributed by atoms with Crippen molar-refractivity contribution in [3.63, 3.8) is 0 Å². The van der Waals surface area contributed by atoms with Crippen LogP contribution >= 0.6 is 0 Å². The van der Waals surface area contributed by atoms with Gasteiger partial charge < -0.3 is 10.4 Å². The molecule has 8 rings (SSSR count). The van der Waals surface area contributed by atoms with Crippen LogP contribution in [0.25, 0.3) is 10.9 Å². The summed E-state index contributed by atoms with van der Waals surface area (Å²) in [4.78, 5) is 48.9. The molecule has 2 fully saturated rings. The summed E-state index contributed by atoms with van der Waals surface area (Å²) in [5, 5.41) is 15.7. The first-order valence-corrected chi connectivity index (χ1v) is 11.0. The summed E-state index contributed by atoms with van der Waals surface area (Å²) >= 11 is 0. The van der Waals surface area contributed by atoms with Crippen molar-refractivity contribution in [2.75, 3.05) is 4.90 Å². The smallest absolute Gasteiger partial charge is 0.262 e. The highest BCUT2D eigenvalue weighted by atomic mass is 16.3. The van der Waals surface area contributed by atoms with Gasteiger partial charge in [-0.25, -0.2) is 9.88 Å². The predicted octanol–water partition coefficient (Wildman–Crippen LogP) is 0.908. The van der Waals surface area contributed by atoms with Gasteiger partial charge in [0.2, 0.25) is 11.8 Å². The average Bonchev–Trinajstić information content (AvgIpc) is 3.21. The molecule has 6 heterocycles. The lowest BCUT2D eigenvalue weighted by molar-refractivity contribution is -0.157. The number of fused-ring (bicyclic) bond motifs is 4. The fourth-order valence-corrected chi connectivity index (χ4v) is 6.44. The van der Waals surface area contributed by atoms with E-state index in [0.717, 1.165) is 0 Å². The summed E-state index contributed by atoms with van der Waals surface area (Å²) in [7, 11) is 0. The number of aromatic nitrogens is 2. The standard InChI is InChI=1S/C24H21N5O4/c1-12-19(31)28-16-10-6-4-8-14(16)24(33)11-17-18(30)26-23(2,29(12)22(24)28)21-25-15-9-5-3-7-13(15)20(32)27(17)21/h3-10,12,17,22,33H,11H2,1-2H3,(H,26,30)/t12-,17+,22-,23+,24-/m0/s1. The highest BCUT2D eigenvalue weighted by Crippen LogP contribution is 2.56. The number of rotatable bonds is 0. The van der Waals surface area contributed by atoms with E-state index in [1.54, 1.807) is 43.0 Å². The molecule has 2 aromatic carbocycles. The van der Waals surface area contributed by atoms with Crippen LogP contribution in [-0.2, 0) is 20.9 Å². The van der Waals surface area contributed by atoms with E-state index in [1.807, 2.05) is 29.2 Å². The Bertz CT molecular complexity index is 1480. The zero-order chi connectivity index (χ0) is 22.9. The van der Waals surface area contributed by atoms with Crippen molar-refractivity contribution < 1.29 is 14.7 Å². The van der Waals surface area contributed by atoms with Crippen LogP contribution in [0.2, 0.25) is 0 Å². The van der Waals surface area contributed by atoms with Crippen molar-refractivity contribution in [1.82, 2.24) is 19.8 Å². The number of hydrogen-bond donors (Lipinski definition) is 2. The number of anilines is 1. The van der Waals surface area contributed by atoms with Crippen LogP contribution in [0.3, 0.4) is 0 Å². The molecule has 0 aliphatic carbocycles. The summed E-state index contributed by atoms with van der Waals surface area (Å²) < 4.78 is 1.43. The van der Waals surface area contributed by atoms with Crippen molar-refractivity contribution in [1.29, 1.82) is 0 Å². The number of benzene rings is 2. The van der Waals surface area contributed by atoms with Gasteiger partial charge in [0.05, 0.1) is 22.6 Å². The SMILES string of the molecule is C[C@H]1C(=O)N2c3ccccc3[C@@]3(O)C[C@@H]4C(=O)N[C@@](C)(c5nc6ccccc6c(=O)n54)N1[C@H]23. The van der Waals surface area contributed by atoms with Crippen molar-refractivity contribution in [3.8, 4) is 0 Å². The van der Waals surface area contributed by atoms with E-state index >= 15 is 0 Å². The first-order chi connectivity index (χ1) is 15.8. The third kappa shape index (κ3) is 1.97. The van der Waals surface area contributed by atoms with Crippen LogP contribution in [-0.4, -0.2) is 43.6 Å². The lowest BCUT2D eigenvalue weighted by atomic mass is 9.81. The van der Waals surface area contributed by atoms with Crippen LogP contribution in [0.4, 0.5) is 5.69 Å². The molecule has 5 aliphatic heterocycles. The van der Waals surface area contributed by atoms with Crippen LogP contribution in [0.1, 0.15) is 37.7 Å². The van der Waals surface area contributed by atoms with Crippen LogP contribution in [0.5, 0.6) is 0 Å². The number of para-hydroxylation sites is 2. The molecule has 2 N–H and O–H groups in total. The lowest BCUT2D eigenvalue weighted by Crippen LogP contribution is -2.71. The minimum Gasteiger partial charge on any atom is -0.381 e. The minimum absolute atomic E-state index is 0.0590. The topological polar surface area (TPSA) is 108 Å². The van der Waals surface area contributed by atoms with Crippen molar-refractivity contribution in [2.24, 2.45) is 0 Å². The maximum atomic E-state index is 13.7. The van der Waals surface area contributed by atoms with Gasteiger partial charge in [-0.15, -0.1) is 0 Å². The monoisotopic (exact) mass is 443 g/mol. The summed E-state index contributed by atoms with van der Waals surface area (Å²) in [6.07, 6.45) is -0.793. The predicted molar refractivity (Wildman–Crippen MR) is 118 cm³/mol. The highest BCUT2D eigenvalue weighted by molar-refractivity contribution is 6.03. The average molecular weight is 443 g/mol. The zero-order valence-corrected chi connectivity index (χ0v) is 18.0. The fourth-order valence-electron chi connectivity index (χ4n) is 6.44. The summed E-state index contributed by atoms with van der Waals surface area (Å²) in [5.74, 6) is -0.173. The van der Waals surface area contributed by atoms with Gasteiger partial charge >= 0.3 is 0 Å². The van der Waals surface area contributed by atoms with Gasteiger partial charge in [-0.05, 0) is 32.0 Å². The molecule has 2 amide bonds.